The van der Waals surface area contributed by atoms with Crippen LogP contribution in [0.1, 0.15) is 50.8 Å². The third-order valence-electron chi connectivity index (χ3n) is 4.97. The van der Waals surface area contributed by atoms with Crippen LogP contribution in [-0.4, -0.2) is 29.0 Å². The molecule has 0 radical (unpaired) electrons. The lowest BCUT2D eigenvalue weighted by molar-refractivity contribution is 0.121. The second-order valence-electron chi connectivity index (χ2n) is 7.13. The maximum atomic E-state index is 13.3. The molecule has 0 N–H and O–H groups in total. The first-order chi connectivity index (χ1) is 11.0. The van der Waals surface area contributed by atoms with Crippen molar-refractivity contribution in [3.8, 4) is 0 Å². The summed E-state index contributed by atoms with van der Waals surface area (Å²) in [6, 6.07) is 7.23. The minimum absolute atomic E-state index is 0.00553. The van der Waals surface area contributed by atoms with Crippen LogP contribution in [-0.2, 0) is 11.8 Å². The largest absolute Gasteiger partial charge is 0.445 e. The molecule has 1 aromatic carbocycles. The Kier molecular flexibility index (Phi) is 4.53. The first-order valence-corrected chi connectivity index (χ1v) is 8.40. The van der Waals surface area contributed by atoms with Gasteiger partial charge in [-0.05, 0) is 57.5 Å². The summed E-state index contributed by atoms with van der Waals surface area (Å²) in [7, 11) is 0. The molecule has 0 amide bonds. The van der Waals surface area contributed by atoms with Crippen molar-refractivity contribution in [3.05, 3.63) is 53.5 Å². The zero-order valence-electron chi connectivity index (χ0n) is 14.2. The normalized spacial score (nSPS) is 18.5. The number of piperidine rings is 1. The molecular weight excluding hydrogens is 291 g/mol. The minimum Gasteiger partial charge on any atom is -0.445 e. The van der Waals surface area contributed by atoms with E-state index in [0.29, 0.717) is 12.5 Å². The van der Waals surface area contributed by atoms with Gasteiger partial charge in [0, 0.05) is 17.9 Å². The highest BCUT2D eigenvalue weighted by Gasteiger charge is 2.36. The minimum atomic E-state index is -0.213. The molecule has 2 aromatic rings. The molecular formula is C19H25FN2O. The van der Waals surface area contributed by atoms with Gasteiger partial charge < -0.3 is 9.32 Å². The van der Waals surface area contributed by atoms with E-state index in [-0.39, 0.29) is 11.2 Å². The van der Waals surface area contributed by atoms with Gasteiger partial charge in [0.15, 0.2) is 5.89 Å². The lowest BCUT2D eigenvalue weighted by Gasteiger charge is -2.39. The Bertz CT molecular complexity index is 657. The number of hydrogen-bond donors (Lipinski definition) is 0. The highest BCUT2D eigenvalue weighted by molar-refractivity contribution is 5.21. The van der Waals surface area contributed by atoms with Crippen molar-refractivity contribution < 1.29 is 8.81 Å². The monoisotopic (exact) mass is 316 g/mol. The maximum Gasteiger partial charge on any atom is 0.200 e. The molecule has 23 heavy (non-hydrogen) atoms. The van der Waals surface area contributed by atoms with Crippen molar-refractivity contribution in [1.29, 1.82) is 0 Å². The molecule has 1 fully saturated rings. The molecule has 0 atom stereocenters. The summed E-state index contributed by atoms with van der Waals surface area (Å²) in [5.41, 5.74) is 0.915. The van der Waals surface area contributed by atoms with Crippen LogP contribution in [0.25, 0.3) is 0 Å². The standard InChI is InChI=1S/C19H25FN2O/c1-14(2)22-9-7-19(3,8-10-22)18-21-13-17(23-18)12-15-5-4-6-16(20)11-15/h4-6,11,13-14H,7-10,12H2,1-3H3. The summed E-state index contributed by atoms with van der Waals surface area (Å²) in [6.45, 7) is 8.88. The van der Waals surface area contributed by atoms with Gasteiger partial charge in [0.05, 0.1) is 6.20 Å². The summed E-state index contributed by atoms with van der Waals surface area (Å²) in [5.74, 6) is 1.42. The van der Waals surface area contributed by atoms with Crippen LogP contribution in [0, 0.1) is 5.82 Å². The van der Waals surface area contributed by atoms with Crippen molar-refractivity contribution in [2.24, 2.45) is 0 Å². The fourth-order valence-electron chi connectivity index (χ4n) is 3.26. The topological polar surface area (TPSA) is 29.3 Å². The summed E-state index contributed by atoms with van der Waals surface area (Å²) >= 11 is 0. The van der Waals surface area contributed by atoms with Gasteiger partial charge >= 0.3 is 0 Å². The molecule has 3 nitrogen and oxygen atoms in total. The zero-order valence-corrected chi connectivity index (χ0v) is 14.2. The molecule has 0 spiro atoms. The van der Waals surface area contributed by atoms with E-state index in [0.717, 1.165) is 43.1 Å². The number of benzene rings is 1. The fourth-order valence-corrected chi connectivity index (χ4v) is 3.26. The summed E-state index contributed by atoms with van der Waals surface area (Å²) in [5, 5.41) is 0. The molecule has 0 unspecified atom stereocenters. The SMILES string of the molecule is CC(C)N1CCC(C)(c2ncc(Cc3cccc(F)c3)o2)CC1. The predicted molar refractivity (Wildman–Crippen MR) is 89.0 cm³/mol. The van der Waals surface area contributed by atoms with Crippen molar-refractivity contribution in [2.75, 3.05) is 13.1 Å². The summed E-state index contributed by atoms with van der Waals surface area (Å²) in [4.78, 5) is 7.02. The van der Waals surface area contributed by atoms with Crippen molar-refractivity contribution in [3.63, 3.8) is 0 Å². The van der Waals surface area contributed by atoms with Crippen molar-refractivity contribution >= 4 is 0 Å². The van der Waals surface area contributed by atoms with E-state index < -0.39 is 0 Å². The second kappa shape index (κ2) is 6.44. The van der Waals surface area contributed by atoms with Crippen molar-refractivity contribution in [2.45, 2.75) is 51.5 Å². The van der Waals surface area contributed by atoms with E-state index >= 15 is 0 Å². The van der Waals surface area contributed by atoms with Gasteiger partial charge in [-0.15, -0.1) is 0 Å². The number of likely N-dealkylation sites (tertiary alicyclic amines) is 1. The molecule has 1 aliphatic rings. The first-order valence-electron chi connectivity index (χ1n) is 8.40. The van der Waals surface area contributed by atoms with Gasteiger partial charge in [-0.2, -0.15) is 0 Å². The molecule has 1 aliphatic heterocycles. The molecule has 1 aromatic heterocycles. The average molecular weight is 316 g/mol. The van der Waals surface area contributed by atoms with Gasteiger partial charge in [0.2, 0.25) is 0 Å². The predicted octanol–water partition coefficient (Wildman–Crippen LogP) is 4.17. The number of hydrogen-bond acceptors (Lipinski definition) is 3. The van der Waals surface area contributed by atoms with E-state index in [1.807, 2.05) is 6.07 Å². The number of nitrogens with zero attached hydrogens (tertiary/aromatic N) is 2. The smallest absolute Gasteiger partial charge is 0.200 e. The average Bonchev–Trinajstić information content (AvgIpc) is 2.97. The van der Waals surface area contributed by atoms with Gasteiger partial charge in [-0.3, -0.25) is 0 Å². The van der Waals surface area contributed by atoms with Crippen molar-refractivity contribution in [1.82, 2.24) is 9.88 Å². The Morgan fingerprint density at radius 3 is 2.70 bits per heavy atom. The van der Waals surface area contributed by atoms with Crippen LogP contribution in [0.15, 0.2) is 34.9 Å². The Balaban J connectivity index is 1.69. The lowest BCUT2D eigenvalue weighted by Crippen LogP contribution is -2.44. The zero-order chi connectivity index (χ0) is 16.4. The van der Waals surface area contributed by atoms with Gasteiger partial charge in [0.25, 0.3) is 0 Å². The Hall–Kier alpha value is -1.68. The van der Waals surface area contributed by atoms with Crippen LogP contribution >= 0.6 is 0 Å². The maximum absolute atomic E-state index is 13.3. The number of rotatable bonds is 4. The fraction of sp³-hybridized carbons (Fsp3) is 0.526. The highest BCUT2D eigenvalue weighted by Crippen LogP contribution is 2.35. The number of halogens is 1. The Labute approximate surface area is 137 Å². The third kappa shape index (κ3) is 3.63. The lowest BCUT2D eigenvalue weighted by atomic mass is 9.80. The van der Waals surface area contributed by atoms with Gasteiger partial charge in [-0.25, -0.2) is 9.37 Å². The van der Waals surface area contributed by atoms with E-state index in [1.54, 1.807) is 18.3 Å². The van der Waals surface area contributed by atoms with Gasteiger partial charge in [-0.1, -0.05) is 19.1 Å². The molecule has 3 rings (SSSR count). The first kappa shape index (κ1) is 16.2. The van der Waals surface area contributed by atoms with E-state index in [4.69, 9.17) is 4.42 Å². The van der Waals surface area contributed by atoms with Crippen LogP contribution in [0.2, 0.25) is 0 Å². The van der Waals surface area contributed by atoms with Gasteiger partial charge in [0.1, 0.15) is 11.6 Å². The summed E-state index contributed by atoms with van der Waals surface area (Å²) < 4.78 is 19.3. The van der Waals surface area contributed by atoms with Crippen LogP contribution in [0.4, 0.5) is 4.39 Å². The molecule has 4 heteroatoms. The van der Waals surface area contributed by atoms with Crippen LogP contribution in [0.3, 0.4) is 0 Å². The number of oxazole rings is 1. The highest BCUT2D eigenvalue weighted by atomic mass is 19.1. The Morgan fingerprint density at radius 2 is 2.04 bits per heavy atom. The van der Waals surface area contributed by atoms with E-state index in [2.05, 4.69) is 30.7 Å². The second-order valence-corrected chi connectivity index (χ2v) is 7.13. The van der Waals surface area contributed by atoms with E-state index in [9.17, 15) is 4.39 Å². The molecule has 0 saturated carbocycles. The molecule has 0 bridgehead atoms. The molecule has 1 saturated heterocycles. The quantitative estimate of drug-likeness (QED) is 0.848. The Morgan fingerprint density at radius 1 is 1.30 bits per heavy atom. The van der Waals surface area contributed by atoms with Crippen LogP contribution < -0.4 is 0 Å². The van der Waals surface area contributed by atoms with E-state index in [1.165, 1.54) is 6.07 Å². The number of aromatic nitrogens is 1. The molecule has 2 heterocycles. The molecule has 124 valence electrons. The third-order valence-corrected chi connectivity index (χ3v) is 4.97. The molecule has 0 aliphatic carbocycles. The van der Waals surface area contributed by atoms with Crippen LogP contribution in [0.5, 0.6) is 0 Å². The summed E-state index contributed by atoms with van der Waals surface area (Å²) in [6.07, 6.45) is 4.50.